The van der Waals surface area contributed by atoms with E-state index in [0.717, 1.165) is 48.5 Å². The molecule has 0 radical (unpaired) electrons. The van der Waals surface area contributed by atoms with E-state index >= 15 is 0 Å². The Morgan fingerprint density at radius 2 is 1.81 bits per heavy atom. The zero-order valence-corrected chi connectivity index (χ0v) is 14.3. The fourth-order valence-electron chi connectivity index (χ4n) is 3.69. The van der Waals surface area contributed by atoms with E-state index in [1.165, 1.54) is 0 Å². The Balaban J connectivity index is 1.50. The third-order valence-corrected chi connectivity index (χ3v) is 5.03. The highest BCUT2D eigenvalue weighted by Gasteiger charge is 2.32. The van der Waals surface area contributed by atoms with Crippen molar-refractivity contribution in [3.05, 3.63) is 66.1 Å². The van der Waals surface area contributed by atoms with E-state index < -0.39 is 11.9 Å². The molecule has 1 amide bonds. The number of piperidine rings is 1. The van der Waals surface area contributed by atoms with Gasteiger partial charge in [-0.3, -0.25) is 14.9 Å². The molecule has 2 aromatic carbocycles. The van der Waals surface area contributed by atoms with E-state index in [-0.39, 0.29) is 5.92 Å². The van der Waals surface area contributed by atoms with Crippen molar-refractivity contribution < 1.29 is 14.4 Å². The Kier molecular flexibility index (Phi) is 4.69. The van der Waals surface area contributed by atoms with E-state index in [1.807, 2.05) is 60.1 Å². The minimum atomic E-state index is -0.495. The number of carbonyl (C=O) groups excluding carboxylic acids is 1. The number of hydrogen-bond acceptors (Lipinski definition) is 5. The molecular formula is C20H21N3O3. The Morgan fingerprint density at radius 3 is 2.50 bits per heavy atom. The first-order valence-electron chi connectivity index (χ1n) is 8.84. The summed E-state index contributed by atoms with van der Waals surface area (Å²) >= 11 is 0. The van der Waals surface area contributed by atoms with Gasteiger partial charge < -0.3 is 4.42 Å². The molecule has 1 saturated heterocycles. The fourth-order valence-corrected chi connectivity index (χ4v) is 3.69. The number of carbonyl (C=O) groups is 1. The molecule has 2 heterocycles. The van der Waals surface area contributed by atoms with Crippen molar-refractivity contribution in [2.45, 2.75) is 24.8 Å². The molecule has 2 N–H and O–H groups in total. The highest BCUT2D eigenvalue weighted by Crippen LogP contribution is 2.33. The zero-order valence-electron chi connectivity index (χ0n) is 14.3. The molecule has 1 unspecified atom stereocenters. The van der Waals surface area contributed by atoms with Crippen molar-refractivity contribution in [3.63, 3.8) is 0 Å². The number of amides is 1. The van der Waals surface area contributed by atoms with Crippen molar-refractivity contribution in [3.8, 4) is 0 Å². The highest BCUT2D eigenvalue weighted by molar-refractivity contribution is 5.82. The molecule has 0 saturated carbocycles. The van der Waals surface area contributed by atoms with Crippen LogP contribution in [0.15, 0.2) is 59.0 Å². The number of nitrogens with one attached hydrogen (secondary N) is 1. The van der Waals surface area contributed by atoms with Crippen molar-refractivity contribution in [1.82, 2.24) is 15.4 Å². The van der Waals surface area contributed by atoms with Crippen LogP contribution in [-0.4, -0.2) is 34.1 Å². The molecule has 1 aliphatic rings. The molecule has 1 fully saturated rings. The Hall–Kier alpha value is -2.70. The lowest BCUT2D eigenvalue weighted by Gasteiger charge is -2.35. The number of oxazole rings is 1. The quantitative estimate of drug-likeness (QED) is 0.557. The van der Waals surface area contributed by atoms with Crippen LogP contribution < -0.4 is 5.48 Å². The van der Waals surface area contributed by atoms with Crippen LogP contribution in [0.3, 0.4) is 0 Å². The molecule has 134 valence electrons. The molecule has 26 heavy (non-hydrogen) atoms. The standard InChI is InChI=1S/C20H21N3O3/c24-19(22-25)18(14-6-2-1-3-7-14)23-12-10-15(11-13-23)20-21-16-8-4-5-9-17(16)26-20/h1-9,15,18,25H,10-13H2,(H,22,24). The molecule has 1 atom stereocenters. The van der Waals surface area contributed by atoms with Crippen molar-refractivity contribution in [1.29, 1.82) is 0 Å². The molecule has 1 aliphatic heterocycles. The predicted octanol–water partition coefficient (Wildman–Crippen LogP) is 3.25. The summed E-state index contributed by atoms with van der Waals surface area (Å²) in [5.41, 5.74) is 4.38. The first-order chi connectivity index (χ1) is 12.8. The smallest absolute Gasteiger partial charge is 0.265 e. The molecule has 3 aromatic rings. The first-order valence-corrected chi connectivity index (χ1v) is 8.84. The predicted molar refractivity (Wildman–Crippen MR) is 96.7 cm³/mol. The second kappa shape index (κ2) is 7.27. The van der Waals surface area contributed by atoms with E-state index in [2.05, 4.69) is 9.88 Å². The maximum Gasteiger partial charge on any atom is 0.265 e. The number of hydroxylamine groups is 1. The van der Waals surface area contributed by atoms with Crippen LogP contribution in [0.2, 0.25) is 0 Å². The van der Waals surface area contributed by atoms with Gasteiger partial charge in [0.2, 0.25) is 0 Å². The van der Waals surface area contributed by atoms with Gasteiger partial charge >= 0.3 is 0 Å². The van der Waals surface area contributed by atoms with E-state index in [4.69, 9.17) is 9.62 Å². The summed E-state index contributed by atoms with van der Waals surface area (Å²) in [6, 6.07) is 16.8. The first kappa shape index (κ1) is 16.8. The van der Waals surface area contributed by atoms with Crippen molar-refractivity contribution in [2.75, 3.05) is 13.1 Å². The van der Waals surface area contributed by atoms with Gasteiger partial charge in [-0.1, -0.05) is 42.5 Å². The van der Waals surface area contributed by atoms with Crippen LogP contribution in [0.1, 0.15) is 36.3 Å². The van der Waals surface area contributed by atoms with Gasteiger partial charge in [0.1, 0.15) is 11.6 Å². The molecule has 0 bridgehead atoms. The zero-order chi connectivity index (χ0) is 17.9. The molecule has 4 rings (SSSR count). The van der Waals surface area contributed by atoms with E-state index in [0.29, 0.717) is 0 Å². The molecule has 1 aromatic heterocycles. The molecule has 0 aliphatic carbocycles. The number of para-hydroxylation sites is 2. The highest BCUT2D eigenvalue weighted by atomic mass is 16.5. The number of likely N-dealkylation sites (tertiary alicyclic amines) is 1. The van der Waals surface area contributed by atoms with Gasteiger partial charge in [-0.05, 0) is 43.6 Å². The maximum absolute atomic E-state index is 12.2. The van der Waals surface area contributed by atoms with Gasteiger partial charge in [0.05, 0.1) is 0 Å². The summed E-state index contributed by atoms with van der Waals surface area (Å²) in [5, 5.41) is 9.16. The Morgan fingerprint density at radius 1 is 1.12 bits per heavy atom. The molecule has 0 spiro atoms. The van der Waals surface area contributed by atoms with Gasteiger partial charge in [-0.2, -0.15) is 0 Å². The molecular weight excluding hydrogens is 330 g/mol. The Bertz CT molecular complexity index is 852. The number of nitrogens with zero attached hydrogens (tertiary/aromatic N) is 2. The third kappa shape index (κ3) is 3.21. The van der Waals surface area contributed by atoms with Gasteiger partial charge in [0.15, 0.2) is 11.5 Å². The monoisotopic (exact) mass is 351 g/mol. The SMILES string of the molecule is O=C(NO)C(c1ccccc1)N1CCC(c2nc3ccccc3o2)CC1. The van der Waals surface area contributed by atoms with Crippen molar-refractivity contribution in [2.24, 2.45) is 0 Å². The summed E-state index contributed by atoms with van der Waals surface area (Å²) in [4.78, 5) is 19.0. The summed E-state index contributed by atoms with van der Waals surface area (Å²) in [6.45, 7) is 1.47. The van der Waals surface area contributed by atoms with Gasteiger partial charge in [-0.25, -0.2) is 10.5 Å². The second-order valence-electron chi connectivity index (χ2n) is 6.62. The summed E-state index contributed by atoms with van der Waals surface area (Å²) < 4.78 is 5.91. The van der Waals surface area contributed by atoms with Crippen LogP contribution in [0.25, 0.3) is 11.1 Å². The Labute approximate surface area is 151 Å². The minimum absolute atomic E-state index is 0.243. The topological polar surface area (TPSA) is 78.6 Å². The lowest BCUT2D eigenvalue weighted by Crippen LogP contribution is -2.43. The fraction of sp³-hybridized carbons (Fsp3) is 0.300. The summed E-state index contributed by atoms with van der Waals surface area (Å²) in [7, 11) is 0. The lowest BCUT2D eigenvalue weighted by molar-refractivity contribution is -0.135. The normalized spacial score (nSPS) is 17.3. The minimum Gasteiger partial charge on any atom is -0.440 e. The van der Waals surface area contributed by atoms with Crippen molar-refractivity contribution >= 4 is 17.0 Å². The van der Waals surface area contributed by atoms with E-state index in [9.17, 15) is 4.79 Å². The number of rotatable bonds is 4. The van der Waals surface area contributed by atoms with Crippen LogP contribution in [0.4, 0.5) is 0 Å². The van der Waals surface area contributed by atoms with Crippen LogP contribution in [0, 0.1) is 0 Å². The summed E-state index contributed by atoms with van der Waals surface area (Å²) in [6.07, 6.45) is 1.71. The van der Waals surface area contributed by atoms with Gasteiger partial charge in [-0.15, -0.1) is 0 Å². The average Bonchev–Trinajstić information content (AvgIpc) is 3.13. The van der Waals surface area contributed by atoms with Gasteiger partial charge in [0.25, 0.3) is 5.91 Å². The average molecular weight is 351 g/mol. The number of hydrogen-bond donors (Lipinski definition) is 2. The largest absolute Gasteiger partial charge is 0.440 e. The third-order valence-electron chi connectivity index (χ3n) is 5.03. The van der Waals surface area contributed by atoms with Crippen LogP contribution in [-0.2, 0) is 4.79 Å². The second-order valence-corrected chi connectivity index (χ2v) is 6.62. The van der Waals surface area contributed by atoms with Crippen LogP contribution in [0.5, 0.6) is 0 Å². The number of aromatic nitrogens is 1. The van der Waals surface area contributed by atoms with E-state index in [1.54, 1.807) is 0 Å². The molecule has 6 nitrogen and oxygen atoms in total. The van der Waals surface area contributed by atoms with Crippen LogP contribution >= 0.6 is 0 Å². The lowest BCUT2D eigenvalue weighted by atomic mass is 9.94. The van der Waals surface area contributed by atoms with Gasteiger partial charge in [0, 0.05) is 5.92 Å². The number of benzene rings is 2. The molecule has 6 heteroatoms. The summed E-state index contributed by atoms with van der Waals surface area (Å²) in [5.74, 6) is 0.609. The maximum atomic E-state index is 12.2. The number of fused-ring (bicyclic) bond motifs is 1.